The van der Waals surface area contributed by atoms with E-state index in [0.717, 1.165) is 11.1 Å². The number of alkyl halides is 3. The number of carbonyl (C=O) groups is 4. The largest absolute Gasteiger partial charge is 0.490 e. The fourth-order valence-corrected chi connectivity index (χ4v) is 5.57. The van der Waals surface area contributed by atoms with Gasteiger partial charge in [-0.05, 0) is 60.4 Å². The summed E-state index contributed by atoms with van der Waals surface area (Å²) in [6.45, 7) is 3.30. The maximum Gasteiger partial charge on any atom is 0.490 e. The minimum absolute atomic E-state index is 0.130. The monoisotopic (exact) mass is 727 g/mol. The summed E-state index contributed by atoms with van der Waals surface area (Å²) in [6.07, 6.45) is -0.782. The molecule has 0 spiro atoms. The Morgan fingerprint density at radius 3 is 2.12 bits per heavy atom. The minimum atomic E-state index is -5.08. The third-order valence-electron chi connectivity index (χ3n) is 7.81. The van der Waals surface area contributed by atoms with Gasteiger partial charge in [0, 0.05) is 57.1 Å². The zero-order valence-corrected chi connectivity index (χ0v) is 28.0. The molecular formula is C33H35Cl2F4N5O5. The summed E-state index contributed by atoms with van der Waals surface area (Å²) in [6, 6.07) is 12.8. The third kappa shape index (κ3) is 11.4. The van der Waals surface area contributed by atoms with Crippen LogP contribution in [0.1, 0.15) is 34.8 Å². The Kier molecular flexibility index (Phi) is 14.3. The summed E-state index contributed by atoms with van der Waals surface area (Å²) in [5.41, 5.74) is 1.98. The van der Waals surface area contributed by atoms with Gasteiger partial charge >= 0.3 is 12.1 Å². The standard InChI is InChI=1S/C31H34Cl2FN5O3.C2HF3O2/c1-3-24-19-38(28(30(41)35-2)18-21-6-9-25(32)26(33)16-21)14-15-39(24)31(42)27(17-20-4-7-23(34)8-5-20)37-29(40)22-10-12-36-13-11-22;3-2(4,5)1(6)7/h4-13,16,24,27-28H,3,14-15,17-19H2,1-2H3,(H,35,41)(H,37,40);(H,6,7). The van der Waals surface area contributed by atoms with Crippen LogP contribution in [0.2, 0.25) is 10.0 Å². The number of nitrogens with zero attached hydrogens (tertiary/aromatic N) is 3. The van der Waals surface area contributed by atoms with Crippen molar-refractivity contribution in [1.82, 2.24) is 25.4 Å². The summed E-state index contributed by atoms with van der Waals surface area (Å²) in [5, 5.41) is 13.6. The summed E-state index contributed by atoms with van der Waals surface area (Å²) in [5.74, 6) is -3.89. The molecule has 0 aliphatic carbocycles. The van der Waals surface area contributed by atoms with E-state index in [2.05, 4.69) is 20.5 Å². The van der Waals surface area contributed by atoms with Crippen molar-refractivity contribution in [3.05, 3.63) is 99.5 Å². The third-order valence-corrected chi connectivity index (χ3v) is 8.55. The molecule has 1 fully saturated rings. The quantitative estimate of drug-likeness (QED) is 0.256. The number of likely N-dealkylation sites (N-methyl/N-ethyl adjacent to an activating group) is 1. The van der Waals surface area contributed by atoms with Crippen LogP contribution in [0, 0.1) is 5.82 Å². The molecule has 0 radical (unpaired) electrons. The highest BCUT2D eigenvalue weighted by molar-refractivity contribution is 6.42. The number of piperazine rings is 1. The molecule has 1 aliphatic heterocycles. The van der Waals surface area contributed by atoms with Gasteiger partial charge in [0.2, 0.25) is 11.8 Å². The number of carboxylic acid groups (broad SMARTS) is 1. The second-order valence-corrected chi connectivity index (χ2v) is 11.9. The maximum atomic E-state index is 14.0. The molecule has 3 amide bonds. The topological polar surface area (TPSA) is 132 Å². The molecule has 0 bridgehead atoms. The van der Waals surface area contributed by atoms with Gasteiger partial charge in [0.1, 0.15) is 11.9 Å². The number of carboxylic acids is 1. The Balaban J connectivity index is 0.000000838. The molecule has 3 atom stereocenters. The zero-order chi connectivity index (χ0) is 36.3. The second-order valence-electron chi connectivity index (χ2n) is 11.1. The number of pyridine rings is 1. The number of hydrogen-bond acceptors (Lipinski definition) is 6. The van der Waals surface area contributed by atoms with Gasteiger partial charge < -0.3 is 20.6 Å². The fourth-order valence-electron chi connectivity index (χ4n) is 5.25. The number of aromatic nitrogens is 1. The van der Waals surface area contributed by atoms with Crippen LogP contribution < -0.4 is 10.6 Å². The van der Waals surface area contributed by atoms with E-state index in [1.807, 2.05) is 13.0 Å². The van der Waals surface area contributed by atoms with Gasteiger partial charge in [-0.3, -0.25) is 24.3 Å². The van der Waals surface area contributed by atoms with Crippen molar-refractivity contribution in [2.24, 2.45) is 0 Å². The predicted octanol–water partition coefficient (Wildman–Crippen LogP) is 4.78. The minimum Gasteiger partial charge on any atom is -0.475 e. The van der Waals surface area contributed by atoms with E-state index in [4.69, 9.17) is 33.1 Å². The molecule has 2 heterocycles. The molecule has 3 aromatic rings. The van der Waals surface area contributed by atoms with E-state index in [-0.39, 0.29) is 30.1 Å². The van der Waals surface area contributed by atoms with E-state index < -0.39 is 30.1 Å². The van der Waals surface area contributed by atoms with E-state index in [9.17, 15) is 31.9 Å². The van der Waals surface area contributed by atoms with Crippen molar-refractivity contribution in [3.63, 3.8) is 0 Å². The van der Waals surface area contributed by atoms with Crippen LogP contribution in [-0.2, 0) is 27.2 Å². The van der Waals surface area contributed by atoms with Gasteiger partial charge in [-0.2, -0.15) is 13.2 Å². The first-order valence-corrected chi connectivity index (χ1v) is 15.9. The Morgan fingerprint density at radius 2 is 1.57 bits per heavy atom. The molecule has 3 unspecified atom stereocenters. The van der Waals surface area contributed by atoms with Crippen molar-refractivity contribution in [2.45, 2.75) is 50.5 Å². The highest BCUT2D eigenvalue weighted by Gasteiger charge is 2.39. The lowest BCUT2D eigenvalue weighted by molar-refractivity contribution is -0.192. The van der Waals surface area contributed by atoms with Crippen molar-refractivity contribution in [3.8, 4) is 0 Å². The Labute approximate surface area is 290 Å². The van der Waals surface area contributed by atoms with Crippen molar-refractivity contribution in [2.75, 3.05) is 26.7 Å². The number of aliphatic carboxylic acids is 1. The van der Waals surface area contributed by atoms with Crippen LogP contribution in [0.25, 0.3) is 0 Å². The van der Waals surface area contributed by atoms with Gasteiger partial charge in [-0.15, -0.1) is 0 Å². The SMILES string of the molecule is CCC1CN(C(Cc2ccc(Cl)c(Cl)c2)C(=O)NC)CCN1C(=O)C(Cc1ccc(F)cc1)NC(=O)c1ccncc1.O=C(O)C(F)(F)F. The molecule has 0 saturated carbocycles. The summed E-state index contributed by atoms with van der Waals surface area (Å²) in [4.78, 5) is 56.8. The summed E-state index contributed by atoms with van der Waals surface area (Å²) >= 11 is 12.3. The Morgan fingerprint density at radius 1 is 0.959 bits per heavy atom. The average molecular weight is 729 g/mol. The summed E-state index contributed by atoms with van der Waals surface area (Å²) in [7, 11) is 1.60. The number of carbonyl (C=O) groups excluding carboxylic acids is 3. The van der Waals surface area contributed by atoms with Crippen LogP contribution in [0.3, 0.4) is 0 Å². The normalized spacial score (nSPS) is 16.1. The number of rotatable bonds is 10. The number of benzene rings is 2. The van der Waals surface area contributed by atoms with Crippen molar-refractivity contribution in [1.29, 1.82) is 0 Å². The lowest BCUT2D eigenvalue weighted by atomic mass is 9.98. The molecule has 1 aliphatic rings. The first kappa shape index (κ1) is 39.2. The molecule has 1 aromatic heterocycles. The lowest BCUT2D eigenvalue weighted by Gasteiger charge is -2.45. The van der Waals surface area contributed by atoms with Crippen molar-refractivity contribution < 1.29 is 41.8 Å². The highest BCUT2D eigenvalue weighted by Crippen LogP contribution is 2.25. The Hall–Kier alpha value is -4.27. The van der Waals surface area contributed by atoms with E-state index in [1.165, 1.54) is 24.5 Å². The first-order chi connectivity index (χ1) is 23.1. The van der Waals surface area contributed by atoms with Gasteiger partial charge in [0.15, 0.2) is 0 Å². The van der Waals surface area contributed by atoms with Gasteiger partial charge in [-0.1, -0.05) is 48.3 Å². The predicted molar refractivity (Wildman–Crippen MR) is 175 cm³/mol. The molecule has 3 N–H and O–H groups in total. The molecule has 10 nitrogen and oxygen atoms in total. The summed E-state index contributed by atoms with van der Waals surface area (Å²) < 4.78 is 45.3. The second kappa shape index (κ2) is 17.9. The lowest BCUT2D eigenvalue weighted by Crippen LogP contribution is -2.63. The number of hydrogen-bond donors (Lipinski definition) is 3. The first-order valence-electron chi connectivity index (χ1n) is 15.1. The van der Waals surface area contributed by atoms with Crippen molar-refractivity contribution >= 4 is 46.9 Å². The van der Waals surface area contributed by atoms with E-state index in [1.54, 1.807) is 48.3 Å². The van der Waals surface area contributed by atoms with Gasteiger partial charge in [0.05, 0.1) is 16.1 Å². The van der Waals surface area contributed by atoms with Crippen LogP contribution >= 0.6 is 23.2 Å². The van der Waals surface area contributed by atoms with Crippen LogP contribution in [0.15, 0.2) is 67.0 Å². The maximum absolute atomic E-state index is 14.0. The van der Waals surface area contributed by atoms with Crippen LogP contribution in [-0.4, -0.2) is 94.6 Å². The highest BCUT2D eigenvalue weighted by atomic mass is 35.5. The van der Waals surface area contributed by atoms with Crippen LogP contribution in [0.5, 0.6) is 0 Å². The molecule has 264 valence electrons. The van der Waals surface area contributed by atoms with E-state index in [0.29, 0.717) is 48.1 Å². The zero-order valence-electron chi connectivity index (χ0n) is 26.5. The number of nitrogens with one attached hydrogen (secondary N) is 2. The van der Waals surface area contributed by atoms with Gasteiger partial charge in [0.25, 0.3) is 5.91 Å². The molecule has 4 rings (SSSR count). The van der Waals surface area contributed by atoms with Gasteiger partial charge in [-0.25, -0.2) is 9.18 Å². The molecule has 2 aromatic carbocycles. The molecule has 49 heavy (non-hydrogen) atoms. The van der Waals surface area contributed by atoms with E-state index >= 15 is 0 Å². The Bertz CT molecular complexity index is 1600. The average Bonchev–Trinajstić information content (AvgIpc) is 3.08. The smallest absolute Gasteiger partial charge is 0.475 e. The fraction of sp³-hybridized carbons (Fsp3) is 0.364. The molecular weight excluding hydrogens is 693 g/mol. The molecule has 1 saturated heterocycles. The van der Waals surface area contributed by atoms with Crippen LogP contribution in [0.4, 0.5) is 17.6 Å². The molecule has 16 heteroatoms. The number of halogens is 6. The number of amides is 3.